The standard InChI is InChI=1S/C20H27N3O/c1-14-8-7-9-17(11-14)19(22(4)5)20(24)23(6)13-18-12-15(2)10-16(3)21-18/h7-12,19H,13H2,1-6H3. The van der Waals surface area contributed by atoms with Crippen LogP contribution in [0.5, 0.6) is 0 Å². The summed E-state index contributed by atoms with van der Waals surface area (Å²) in [6, 6.07) is 11.9. The number of benzene rings is 1. The summed E-state index contributed by atoms with van der Waals surface area (Å²) in [6.45, 7) is 6.59. The normalized spacial score (nSPS) is 12.3. The van der Waals surface area contributed by atoms with E-state index in [-0.39, 0.29) is 11.9 Å². The molecule has 0 aliphatic rings. The molecule has 0 N–H and O–H groups in total. The molecule has 0 saturated carbocycles. The highest BCUT2D eigenvalue weighted by molar-refractivity contribution is 5.83. The van der Waals surface area contributed by atoms with Gasteiger partial charge in [-0.15, -0.1) is 0 Å². The van der Waals surface area contributed by atoms with Crippen LogP contribution in [0.3, 0.4) is 0 Å². The first-order valence-corrected chi connectivity index (χ1v) is 8.20. The first kappa shape index (κ1) is 18.1. The predicted molar refractivity (Wildman–Crippen MR) is 97.8 cm³/mol. The number of pyridine rings is 1. The molecule has 2 rings (SSSR count). The molecule has 1 amide bonds. The van der Waals surface area contributed by atoms with Crippen molar-refractivity contribution in [3.05, 3.63) is 64.5 Å². The quantitative estimate of drug-likeness (QED) is 0.846. The zero-order chi connectivity index (χ0) is 17.9. The largest absolute Gasteiger partial charge is 0.338 e. The van der Waals surface area contributed by atoms with E-state index in [1.54, 1.807) is 4.90 Å². The highest BCUT2D eigenvalue weighted by Crippen LogP contribution is 2.22. The van der Waals surface area contributed by atoms with Crippen LogP contribution in [0.1, 0.15) is 34.1 Å². The van der Waals surface area contributed by atoms with Crippen molar-refractivity contribution in [1.29, 1.82) is 0 Å². The Labute approximate surface area is 145 Å². The lowest BCUT2D eigenvalue weighted by atomic mass is 10.0. The molecule has 1 aromatic heterocycles. The van der Waals surface area contributed by atoms with Gasteiger partial charge in [-0.3, -0.25) is 14.7 Å². The molecule has 0 saturated heterocycles. The van der Waals surface area contributed by atoms with Gasteiger partial charge in [0.15, 0.2) is 0 Å². The van der Waals surface area contributed by atoms with E-state index >= 15 is 0 Å². The second kappa shape index (κ2) is 7.58. The predicted octanol–water partition coefficient (Wildman–Crippen LogP) is 3.27. The third kappa shape index (κ3) is 4.42. The highest BCUT2D eigenvalue weighted by atomic mass is 16.2. The molecule has 1 heterocycles. The number of rotatable bonds is 5. The number of likely N-dealkylation sites (N-methyl/N-ethyl adjacent to an activating group) is 2. The smallest absolute Gasteiger partial charge is 0.244 e. The number of hydrogen-bond acceptors (Lipinski definition) is 3. The number of aryl methyl sites for hydroxylation is 3. The second-order valence-corrected chi connectivity index (χ2v) is 6.75. The number of amides is 1. The van der Waals surface area contributed by atoms with Crippen LogP contribution < -0.4 is 0 Å². The summed E-state index contributed by atoms with van der Waals surface area (Å²) in [5.74, 6) is 0.0755. The van der Waals surface area contributed by atoms with Crippen LogP contribution in [0.4, 0.5) is 0 Å². The Bertz CT molecular complexity index is 704. The van der Waals surface area contributed by atoms with Crippen LogP contribution in [0.25, 0.3) is 0 Å². The van der Waals surface area contributed by atoms with Crippen LogP contribution in [-0.4, -0.2) is 41.8 Å². The van der Waals surface area contributed by atoms with E-state index in [0.29, 0.717) is 6.54 Å². The first-order chi connectivity index (χ1) is 11.3. The first-order valence-electron chi connectivity index (χ1n) is 8.20. The SMILES string of the molecule is Cc1cccc(C(C(=O)N(C)Cc2cc(C)cc(C)n2)N(C)C)c1. The van der Waals surface area contributed by atoms with Crippen LogP contribution in [0, 0.1) is 20.8 Å². The summed E-state index contributed by atoms with van der Waals surface area (Å²) in [4.78, 5) is 21.3. The zero-order valence-corrected chi connectivity index (χ0v) is 15.5. The molecule has 128 valence electrons. The van der Waals surface area contributed by atoms with E-state index in [9.17, 15) is 4.79 Å². The molecule has 24 heavy (non-hydrogen) atoms. The molecule has 0 fully saturated rings. The fourth-order valence-corrected chi connectivity index (χ4v) is 3.04. The summed E-state index contributed by atoms with van der Waals surface area (Å²) >= 11 is 0. The van der Waals surface area contributed by atoms with Crippen LogP contribution >= 0.6 is 0 Å². The van der Waals surface area contributed by atoms with Gasteiger partial charge in [-0.2, -0.15) is 0 Å². The van der Waals surface area contributed by atoms with Crippen molar-refractivity contribution in [2.24, 2.45) is 0 Å². The average Bonchev–Trinajstić information content (AvgIpc) is 2.45. The minimum Gasteiger partial charge on any atom is -0.338 e. The van der Waals surface area contributed by atoms with E-state index in [1.807, 2.05) is 70.2 Å². The Kier molecular flexibility index (Phi) is 5.73. The maximum Gasteiger partial charge on any atom is 0.244 e. The minimum atomic E-state index is -0.291. The lowest BCUT2D eigenvalue weighted by Crippen LogP contribution is -2.38. The molecule has 0 spiro atoms. The molecule has 1 aromatic carbocycles. The third-order valence-electron chi connectivity index (χ3n) is 4.03. The van der Waals surface area contributed by atoms with Crippen molar-refractivity contribution >= 4 is 5.91 Å². The fraction of sp³-hybridized carbons (Fsp3) is 0.400. The molecular weight excluding hydrogens is 298 g/mol. The van der Waals surface area contributed by atoms with E-state index in [0.717, 1.165) is 22.5 Å². The van der Waals surface area contributed by atoms with E-state index < -0.39 is 0 Å². The van der Waals surface area contributed by atoms with Gasteiger partial charge in [0.05, 0.1) is 12.2 Å². The number of carbonyl (C=O) groups excluding carboxylic acids is 1. The average molecular weight is 325 g/mol. The van der Waals surface area contributed by atoms with Gasteiger partial charge >= 0.3 is 0 Å². The maximum atomic E-state index is 13.0. The van der Waals surface area contributed by atoms with E-state index in [1.165, 1.54) is 5.56 Å². The van der Waals surface area contributed by atoms with E-state index in [2.05, 4.69) is 18.0 Å². The Morgan fingerprint density at radius 3 is 2.33 bits per heavy atom. The van der Waals surface area contributed by atoms with Gasteiger partial charge in [0.25, 0.3) is 0 Å². The topological polar surface area (TPSA) is 36.4 Å². The summed E-state index contributed by atoms with van der Waals surface area (Å²) < 4.78 is 0. The number of nitrogens with zero attached hydrogens (tertiary/aromatic N) is 3. The van der Waals surface area contributed by atoms with Crippen molar-refractivity contribution in [3.63, 3.8) is 0 Å². The molecule has 2 aromatic rings. The second-order valence-electron chi connectivity index (χ2n) is 6.75. The van der Waals surface area contributed by atoms with Crippen molar-refractivity contribution in [3.8, 4) is 0 Å². The Hall–Kier alpha value is -2.20. The monoisotopic (exact) mass is 325 g/mol. The van der Waals surface area contributed by atoms with Crippen molar-refractivity contribution in [2.45, 2.75) is 33.4 Å². The van der Waals surface area contributed by atoms with E-state index in [4.69, 9.17) is 0 Å². The molecule has 1 unspecified atom stereocenters. The highest BCUT2D eigenvalue weighted by Gasteiger charge is 2.26. The summed E-state index contributed by atoms with van der Waals surface area (Å²) in [7, 11) is 5.72. The number of carbonyl (C=O) groups is 1. The van der Waals surface area contributed by atoms with Crippen LogP contribution in [0.2, 0.25) is 0 Å². The van der Waals surface area contributed by atoms with Gasteiger partial charge in [-0.25, -0.2) is 0 Å². The van der Waals surface area contributed by atoms with Crippen LogP contribution in [-0.2, 0) is 11.3 Å². The molecule has 1 atom stereocenters. The van der Waals surface area contributed by atoms with Crippen molar-refractivity contribution in [1.82, 2.24) is 14.8 Å². The summed E-state index contributed by atoms with van der Waals surface area (Å²) in [5, 5.41) is 0. The minimum absolute atomic E-state index is 0.0755. The molecule has 0 aliphatic heterocycles. The van der Waals surface area contributed by atoms with Crippen molar-refractivity contribution < 1.29 is 4.79 Å². The summed E-state index contributed by atoms with van der Waals surface area (Å²) in [6.07, 6.45) is 0. The zero-order valence-electron chi connectivity index (χ0n) is 15.5. The Balaban J connectivity index is 2.23. The number of aromatic nitrogens is 1. The molecule has 0 aliphatic carbocycles. The van der Waals surface area contributed by atoms with Gasteiger partial charge in [0.2, 0.25) is 5.91 Å². The third-order valence-corrected chi connectivity index (χ3v) is 4.03. The van der Waals surface area contributed by atoms with Crippen molar-refractivity contribution in [2.75, 3.05) is 21.1 Å². The lowest BCUT2D eigenvalue weighted by molar-refractivity contribution is -0.135. The van der Waals surface area contributed by atoms with Gasteiger partial charge in [-0.05, 0) is 58.1 Å². The Morgan fingerprint density at radius 1 is 1.04 bits per heavy atom. The maximum absolute atomic E-state index is 13.0. The molecule has 4 heteroatoms. The van der Waals surface area contributed by atoms with Gasteiger partial charge in [0, 0.05) is 12.7 Å². The molecule has 0 bridgehead atoms. The van der Waals surface area contributed by atoms with Crippen LogP contribution in [0.15, 0.2) is 36.4 Å². The van der Waals surface area contributed by atoms with Gasteiger partial charge < -0.3 is 4.90 Å². The lowest BCUT2D eigenvalue weighted by Gasteiger charge is -2.29. The van der Waals surface area contributed by atoms with Gasteiger partial charge in [-0.1, -0.05) is 29.8 Å². The fourth-order valence-electron chi connectivity index (χ4n) is 3.04. The molecule has 0 radical (unpaired) electrons. The Morgan fingerprint density at radius 2 is 1.75 bits per heavy atom. The molecular formula is C20H27N3O. The van der Waals surface area contributed by atoms with Gasteiger partial charge in [0.1, 0.15) is 6.04 Å². The number of hydrogen-bond donors (Lipinski definition) is 0. The molecule has 4 nitrogen and oxygen atoms in total. The summed E-state index contributed by atoms with van der Waals surface area (Å²) in [5.41, 5.74) is 5.25.